The summed E-state index contributed by atoms with van der Waals surface area (Å²) in [7, 11) is 0. The Morgan fingerprint density at radius 1 is 1.53 bits per heavy atom. The van der Waals surface area contributed by atoms with Gasteiger partial charge in [-0.05, 0) is 28.9 Å². The molecule has 5 nitrogen and oxygen atoms in total. The Labute approximate surface area is 126 Å². The molecule has 1 N–H and O–H groups in total. The van der Waals surface area contributed by atoms with Gasteiger partial charge in [-0.15, -0.1) is 12.4 Å². The number of amides is 1. The van der Waals surface area contributed by atoms with Gasteiger partial charge in [0.2, 0.25) is 5.91 Å². The minimum atomic E-state index is -0.158. The lowest BCUT2D eigenvalue weighted by molar-refractivity contribution is -0.134. The molecule has 1 aliphatic heterocycles. The lowest BCUT2D eigenvalue weighted by atomic mass is 10.2. The van der Waals surface area contributed by atoms with Crippen LogP contribution in [0.4, 0.5) is 0 Å². The number of carbonyl (C=O) groups excluding carboxylic acids is 1. The van der Waals surface area contributed by atoms with Crippen molar-refractivity contribution >= 4 is 34.2 Å². The SMILES string of the molecule is C[C@@H]1CNCCN1C(=O)Cn1cc(Br)ccc1=O.Cl. The van der Waals surface area contributed by atoms with Crippen molar-refractivity contribution in [2.75, 3.05) is 19.6 Å². The predicted octanol–water partition coefficient (Wildman–Crippen LogP) is 0.853. The molecule has 2 heterocycles. The predicted molar refractivity (Wildman–Crippen MR) is 79.7 cm³/mol. The van der Waals surface area contributed by atoms with E-state index in [4.69, 9.17) is 0 Å². The van der Waals surface area contributed by atoms with E-state index >= 15 is 0 Å². The number of nitrogens with zero attached hydrogens (tertiary/aromatic N) is 2. The van der Waals surface area contributed by atoms with Gasteiger partial charge in [-0.3, -0.25) is 9.59 Å². The summed E-state index contributed by atoms with van der Waals surface area (Å²) in [5.74, 6) is -0.01000. The molecule has 0 bridgehead atoms. The van der Waals surface area contributed by atoms with Gasteiger partial charge < -0.3 is 14.8 Å². The molecule has 0 saturated carbocycles. The second-order valence-corrected chi connectivity index (χ2v) is 5.37. The van der Waals surface area contributed by atoms with Crippen LogP contribution in [0.15, 0.2) is 27.6 Å². The number of pyridine rings is 1. The van der Waals surface area contributed by atoms with Crippen molar-refractivity contribution in [3.8, 4) is 0 Å². The minimum Gasteiger partial charge on any atom is -0.336 e. The standard InChI is InChI=1S/C12H16BrN3O2.ClH/c1-9-6-14-4-5-16(9)12(18)8-15-7-10(13)2-3-11(15)17;/h2-3,7,9,14H,4-6,8H2,1H3;1H/t9-;/m1./s1. The number of hydrogen-bond donors (Lipinski definition) is 1. The smallest absolute Gasteiger partial charge is 0.251 e. The highest BCUT2D eigenvalue weighted by Gasteiger charge is 2.23. The van der Waals surface area contributed by atoms with E-state index < -0.39 is 0 Å². The maximum absolute atomic E-state index is 12.2. The zero-order valence-electron chi connectivity index (χ0n) is 10.6. The number of nitrogens with one attached hydrogen (secondary N) is 1. The van der Waals surface area contributed by atoms with Crippen LogP contribution in [0.3, 0.4) is 0 Å². The molecule has 1 atom stereocenters. The third kappa shape index (κ3) is 4.06. The molecular formula is C12H17BrClN3O2. The van der Waals surface area contributed by atoms with E-state index in [1.807, 2.05) is 11.8 Å². The number of halogens is 2. The fraction of sp³-hybridized carbons (Fsp3) is 0.500. The molecule has 0 unspecified atom stereocenters. The Kier molecular flexibility index (Phi) is 6.03. The molecule has 19 heavy (non-hydrogen) atoms. The molecule has 0 radical (unpaired) electrons. The van der Waals surface area contributed by atoms with E-state index in [9.17, 15) is 9.59 Å². The molecule has 2 rings (SSSR count). The Bertz CT molecular complexity index is 506. The molecular weight excluding hydrogens is 334 g/mol. The normalized spacial score (nSPS) is 18.8. The molecule has 7 heteroatoms. The molecule has 1 fully saturated rings. The van der Waals surface area contributed by atoms with E-state index in [1.54, 1.807) is 12.3 Å². The van der Waals surface area contributed by atoms with Crippen LogP contribution >= 0.6 is 28.3 Å². The van der Waals surface area contributed by atoms with Gasteiger partial charge in [-0.1, -0.05) is 0 Å². The number of carbonyl (C=O) groups is 1. The third-order valence-electron chi connectivity index (χ3n) is 3.07. The monoisotopic (exact) mass is 349 g/mol. The zero-order chi connectivity index (χ0) is 13.1. The Morgan fingerprint density at radius 3 is 2.95 bits per heavy atom. The lowest BCUT2D eigenvalue weighted by Gasteiger charge is -2.34. The summed E-state index contributed by atoms with van der Waals surface area (Å²) < 4.78 is 2.23. The molecule has 1 amide bonds. The van der Waals surface area contributed by atoms with Crippen LogP contribution in [0.25, 0.3) is 0 Å². The molecule has 106 valence electrons. The number of hydrogen-bond acceptors (Lipinski definition) is 3. The molecule has 1 saturated heterocycles. The van der Waals surface area contributed by atoms with E-state index in [1.165, 1.54) is 10.6 Å². The van der Waals surface area contributed by atoms with Crippen LogP contribution < -0.4 is 10.9 Å². The summed E-state index contributed by atoms with van der Waals surface area (Å²) in [6, 6.07) is 3.31. The van der Waals surface area contributed by atoms with E-state index in [0.29, 0.717) is 6.54 Å². The van der Waals surface area contributed by atoms with Gasteiger partial charge in [0.1, 0.15) is 6.54 Å². The van der Waals surface area contributed by atoms with Gasteiger partial charge in [-0.2, -0.15) is 0 Å². The summed E-state index contributed by atoms with van der Waals surface area (Å²) >= 11 is 3.30. The van der Waals surface area contributed by atoms with Gasteiger partial charge in [0.15, 0.2) is 0 Å². The summed E-state index contributed by atoms with van der Waals surface area (Å²) in [6.07, 6.45) is 1.65. The van der Waals surface area contributed by atoms with Crippen molar-refractivity contribution in [1.29, 1.82) is 0 Å². The first-order chi connectivity index (χ1) is 8.58. The first-order valence-corrected chi connectivity index (χ1v) is 6.73. The van der Waals surface area contributed by atoms with E-state index in [0.717, 1.165) is 17.6 Å². The maximum Gasteiger partial charge on any atom is 0.251 e. The molecule has 1 aromatic heterocycles. The average Bonchev–Trinajstić information content (AvgIpc) is 2.34. The number of piperazine rings is 1. The molecule has 1 aliphatic rings. The second kappa shape index (κ2) is 7.07. The Balaban J connectivity index is 0.00000180. The third-order valence-corrected chi connectivity index (χ3v) is 3.54. The summed E-state index contributed by atoms with van der Waals surface area (Å²) in [5, 5.41) is 3.23. The van der Waals surface area contributed by atoms with Crippen LogP contribution in [0, 0.1) is 0 Å². The summed E-state index contributed by atoms with van der Waals surface area (Å²) in [5.41, 5.74) is -0.158. The van der Waals surface area contributed by atoms with Gasteiger partial charge >= 0.3 is 0 Å². The van der Waals surface area contributed by atoms with Gasteiger partial charge in [0, 0.05) is 42.4 Å². The van der Waals surface area contributed by atoms with Crippen LogP contribution in [-0.2, 0) is 11.3 Å². The first kappa shape index (κ1) is 16.2. The fourth-order valence-corrected chi connectivity index (χ4v) is 2.45. The topological polar surface area (TPSA) is 54.3 Å². The van der Waals surface area contributed by atoms with Crippen molar-refractivity contribution < 1.29 is 4.79 Å². The van der Waals surface area contributed by atoms with Gasteiger partial charge in [0.25, 0.3) is 5.56 Å². The van der Waals surface area contributed by atoms with Gasteiger partial charge in [-0.25, -0.2) is 0 Å². The molecule has 1 aromatic rings. The van der Waals surface area contributed by atoms with Crippen LogP contribution in [0.1, 0.15) is 6.92 Å². The fourth-order valence-electron chi connectivity index (χ4n) is 2.07. The molecule has 0 spiro atoms. The zero-order valence-corrected chi connectivity index (χ0v) is 13.0. The highest BCUT2D eigenvalue weighted by atomic mass is 79.9. The number of rotatable bonds is 2. The minimum absolute atomic E-state index is 0. The molecule has 0 aliphatic carbocycles. The highest BCUT2D eigenvalue weighted by molar-refractivity contribution is 9.10. The Hall–Kier alpha value is -0.850. The van der Waals surface area contributed by atoms with Crippen LogP contribution in [-0.4, -0.2) is 41.1 Å². The summed E-state index contributed by atoms with van der Waals surface area (Å²) in [4.78, 5) is 25.6. The van der Waals surface area contributed by atoms with E-state index in [2.05, 4.69) is 21.2 Å². The maximum atomic E-state index is 12.2. The second-order valence-electron chi connectivity index (χ2n) is 4.45. The van der Waals surface area contributed by atoms with Crippen molar-refractivity contribution in [3.63, 3.8) is 0 Å². The average molecular weight is 351 g/mol. The number of aromatic nitrogens is 1. The highest BCUT2D eigenvalue weighted by Crippen LogP contribution is 2.07. The lowest BCUT2D eigenvalue weighted by Crippen LogP contribution is -2.53. The van der Waals surface area contributed by atoms with Crippen LogP contribution in [0.2, 0.25) is 0 Å². The van der Waals surface area contributed by atoms with Crippen molar-refractivity contribution in [2.45, 2.75) is 19.5 Å². The largest absolute Gasteiger partial charge is 0.336 e. The van der Waals surface area contributed by atoms with Crippen molar-refractivity contribution in [3.05, 3.63) is 33.2 Å². The van der Waals surface area contributed by atoms with Crippen molar-refractivity contribution in [1.82, 2.24) is 14.8 Å². The quantitative estimate of drug-likeness (QED) is 0.860. The van der Waals surface area contributed by atoms with Crippen molar-refractivity contribution in [2.24, 2.45) is 0 Å². The van der Waals surface area contributed by atoms with Gasteiger partial charge in [0.05, 0.1) is 0 Å². The van der Waals surface area contributed by atoms with E-state index in [-0.39, 0.29) is 36.5 Å². The first-order valence-electron chi connectivity index (χ1n) is 5.94. The summed E-state index contributed by atoms with van der Waals surface area (Å²) in [6.45, 7) is 4.42. The molecule has 0 aromatic carbocycles. The Morgan fingerprint density at radius 2 is 2.26 bits per heavy atom. The van der Waals surface area contributed by atoms with Crippen LogP contribution in [0.5, 0.6) is 0 Å².